The summed E-state index contributed by atoms with van der Waals surface area (Å²) in [6, 6.07) is 12.6. The van der Waals surface area contributed by atoms with Gasteiger partial charge in [0.2, 0.25) is 5.91 Å². The summed E-state index contributed by atoms with van der Waals surface area (Å²) in [6.45, 7) is 6.01. The first-order valence-electron chi connectivity index (χ1n) is 7.92. The quantitative estimate of drug-likeness (QED) is 0.788. The fraction of sp³-hybridized carbons (Fsp3) is 0.263. The zero-order valence-electron chi connectivity index (χ0n) is 14.2. The van der Waals surface area contributed by atoms with Gasteiger partial charge in [-0.3, -0.25) is 9.59 Å². The van der Waals surface area contributed by atoms with Crippen LogP contribution in [0.25, 0.3) is 0 Å². The van der Waals surface area contributed by atoms with Gasteiger partial charge in [0.1, 0.15) is 0 Å². The van der Waals surface area contributed by atoms with Gasteiger partial charge in [0, 0.05) is 29.4 Å². The lowest BCUT2D eigenvalue weighted by atomic mass is 10.1. The largest absolute Gasteiger partial charge is 0.326 e. The summed E-state index contributed by atoms with van der Waals surface area (Å²) in [4.78, 5) is 24.2. The Labute approximate surface area is 142 Å². The van der Waals surface area contributed by atoms with E-state index < -0.39 is 0 Å². The Kier molecular flexibility index (Phi) is 5.71. The molecule has 2 aromatic carbocycles. The second-order valence-electron chi connectivity index (χ2n) is 6.03. The highest BCUT2D eigenvalue weighted by Gasteiger charge is 2.11. The Hall–Kier alpha value is -2.66. The van der Waals surface area contributed by atoms with Gasteiger partial charge in [0.25, 0.3) is 5.91 Å². The van der Waals surface area contributed by atoms with Crippen molar-refractivity contribution in [3.8, 4) is 0 Å². The van der Waals surface area contributed by atoms with Gasteiger partial charge >= 0.3 is 0 Å². The number of nitrogens with two attached hydrogens (primary N) is 1. The van der Waals surface area contributed by atoms with Crippen LogP contribution in [-0.2, 0) is 11.3 Å². The minimum atomic E-state index is -0.200. The summed E-state index contributed by atoms with van der Waals surface area (Å²) in [5.74, 6) is -0.368. The van der Waals surface area contributed by atoms with Gasteiger partial charge in [-0.15, -0.1) is 0 Å². The highest BCUT2D eigenvalue weighted by molar-refractivity contribution is 6.05. The van der Waals surface area contributed by atoms with E-state index in [0.717, 1.165) is 11.1 Å². The highest BCUT2D eigenvalue weighted by Crippen LogP contribution is 2.21. The molecule has 2 amide bonds. The molecule has 0 bridgehead atoms. The van der Waals surface area contributed by atoms with E-state index in [9.17, 15) is 9.59 Å². The normalized spacial score (nSPS) is 10.5. The fourth-order valence-corrected chi connectivity index (χ4v) is 2.11. The molecule has 0 aliphatic rings. The molecular weight excluding hydrogens is 302 g/mol. The predicted octanol–water partition coefficient (Wildman–Crippen LogP) is 3.30. The summed E-state index contributed by atoms with van der Waals surface area (Å²) in [5.41, 5.74) is 9.35. The summed E-state index contributed by atoms with van der Waals surface area (Å²) in [6.07, 6.45) is 0. The van der Waals surface area contributed by atoms with Crippen molar-refractivity contribution in [2.45, 2.75) is 27.3 Å². The molecule has 24 heavy (non-hydrogen) atoms. The molecule has 0 fully saturated rings. The third kappa shape index (κ3) is 4.43. The standard InChI is InChI=1S/C19H23N3O2/c1-12(2)18(23)21-16-9-4-13(3)17(10-16)22-19(24)15-7-5-14(11-20)6-8-15/h4-10,12H,11,20H2,1-3H3,(H,21,23)(H,22,24). The molecular formula is C19H23N3O2. The van der Waals surface area contributed by atoms with Gasteiger partial charge in [-0.2, -0.15) is 0 Å². The van der Waals surface area contributed by atoms with Gasteiger partial charge in [0.05, 0.1) is 0 Å². The first-order chi connectivity index (χ1) is 11.4. The maximum atomic E-state index is 12.4. The molecule has 2 aromatic rings. The highest BCUT2D eigenvalue weighted by atomic mass is 16.2. The third-order valence-electron chi connectivity index (χ3n) is 3.73. The molecule has 0 heterocycles. The zero-order chi connectivity index (χ0) is 17.7. The van der Waals surface area contributed by atoms with Gasteiger partial charge in [-0.25, -0.2) is 0 Å². The number of rotatable bonds is 5. The average molecular weight is 325 g/mol. The van der Waals surface area contributed by atoms with Crippen LogP contribution in [0.1, 0.15) is 35.3 Å². The van der Waals surface area contributed by atoms with E-state index in [1.54, 1.807) is 18.2 Å². The second-order valence-corrected chi connectivity index (χ2v) is 6.03. The van der Waals surface area contributed by atoms with E-state index in [4.69, 9.17) is 5.73 Å². The van der Waals surface area contributed by atoms with E-state index in [1.165, 1.54) is 0 Å². The molecule has 0 aliphatic carbocycles. The molecule has 0 aliphatic heterocycles. The first kappa shape index (κ1) is 17.7. The summed E-state index contributed by atoms with van der Waals surface area (Å²) >= 11 is 0. The molecule has 0 spiro atoms. The van der Waals surface area contributed by atoms with Gasteiger partial charge in [-0.05, 0) is 42.3 Å². The monoisotopic (exact) mass is 325 g/mol. The van der Waals surface area contributed by atoms with E-state index in [-0.39, 0.29) is 17.7 Å². The Morgan fingerprint density at radius 1 is 1.04 bits per heavy atom. The SMILES string of the molecule is Cc1ccc(NC(=O)C(C)C)cc1NC(=O)c1ccc(CN)cc1. The lowest BCUT2D eigenvalue weighted by Gasteiger charge is -2.13. The molecule has 5 nitrogen and oxygen atoms in total. The molecule has 0 saturated carbocycles. The van der Waals surface area contributed by atoms with Gasteiger partial charge < -0.3 is 16.4 Å². The van der Waals surface area contributed by atoms with Crippen molar-refractivity contribution >= 4 is 23.2 Å². The lowest BCUT2D eigenvalue weighted by molar-refractivity contribution is -0.118. The fourth-order valence-electron chi connectivity index (χ4n) is 2.11. The van der Waals surface area contributed by atoms with Crippen LogP contribution in [0.2, 0.25) is 0 Å². The number of carbonyl (C=O) groups excluding carboxylic acids is 2. The molecule has 0 atom stereocenters. The zero-order valence-corrected chi connectivity index (χ0v) is 14.2. The van der Waals surface area contributed by atoms with Crippen molar-refractivity contribution < 1.29 is 9.59 Å². The topological polar surface area (TPSA) is 84.2 Å². The summed E-state index contributed by atoms with van der Waals surface area (Å²) in [5, 5.41) is 5.72. The lowest BCUT2D eigenvalue weighted by Crippen LogP contribution is -2.18. The van der Waals surface area contributed by atoms with Crippen molar-refractivity contribution in [2.24, 2.45) is 11.7 Å². The molecule has 0 saturated heterocycles. The molecule has 5 heteroatoms. The maximum absolute atomic E-state index is 12.4. The number of amides is 2. The Balaban J connectivity index is 2.15. The average Bonchev–Trinajstić information content (AvgIpc) is 2.57. The van der Waals surface area contributed by atoms with Crippen molar-refractivity contribution in [3.05, 3.63) is 59.2 Å². The van der Waals surface area contributed by atoms with Crippen molar-refractivity contribution in [2.75, 3.05) is 10.6 Å². The van der Waals surface area contributed by atoms with Crippen molar-refractivity contribution in [1.29, 1.82) is 0 Å². The van der Waals surface area contributed by atoms with E-state index >= 15 is 0 Å². The number of anilines is 2. The van der Waals surface area contributed by atoms with E-state index in [2.05, 4.69) is 10.6 Å². The third-order valence-corrected chi connectivity index (χ3v) is 3.73. The van der Waals surface area contributed by atoms with Crippen LogP contribution in [0.4, 0.5) is 11.4 Å². The van der Waals surface area contributed by atoms with E-state index in [0.29, 0.717) is 23.5 Å². The van der Waals surface area contributed by atoms with Crippen LogP contribution >= 0.6 is 0 Å². The molecule has 0 aromatic heterocycles. The van der Waals surface area contributed by atoms with Crippen molar-refractivity contribution in [1.82, 2.24) is 0 Å². The van der Waals surface area contributed by atoms with Gasteiger partial charge in [0.15, 0.2) is 0 Å². The number of hydrogen-bond donors (Lipinski definition) is 3. The predicted molar refractivity (Wildman–Crippen MR) is 96.9 cm³/mol. The molecule has 0 unspecified atom stereocenters. The van der Waals surface area contributed by atoms with Crippen molar-refractivity contribution in [3.63, 3.8) is 0 Å². The number of hydrogen-bond acceptors (Lipinski definition) is 3. The van der Waals surface area contributed by atoms with Crippen LogP contribution in [-0.4, -0.2) is 11.8 Å². The summed E-state index contributed by atoms with van der Waals surface area (Å²) in [7, 11) is 0. The Morgan fingerprint density at radius 3 is 2.29 bits per heavy atom. The minimum Gasteiger partial charge on any atom is -0.326 e. The minimum absolute atomic E-state index is 0.0616. The first-order valence-corrected chi connectivity index (χ1v) is 7.92. The smallest absolute Gasteiger partial charge is 0.255 e. The molecule has 0 radical (unpaired) electrons. The number of nitrogens with one attached hydrogen (secondary N) is 2. The van der Waals surface area contributed by atoms with Crippen LogP contribution in [0.15, 0.2) is 42.5 Å². The van der Waals surface area contributed by atoms with Crippen LogP contribution in [0, 0.1) is 12.8 Å². The maximum Gasteiger partial charge on any atom is 0.255 e. The van der Waals surface area contributed by atoms with Crippen LogP contribution in [0.3, 0.4) is 0 Å². The van der Waals surface area contributed by atoms with Crippen LogP contribution < -0.4 is 16.4 Å². The number of aryl methyl sites for hydroxylation is 1. The second kappa shape index (κ2) is 7.75. The molecule has 4 N–H and O–H groups in total. The summed E-state index contributed by atoms with van der Waals surface area (Å²) < 4.78 is 0. The van der Waals surface area contributed by atoms with Gasteiger partial charge in [-0.1, -0.05) is 32.0 Å². The van der Waals surface area contributed by atoms with E-state index in [1.807, 2.05) is 45.0 Å². The molecule has 126 valence electrons. The Morgan fingerprint density at radius 2 is 1.71 bits per heavy atom. The molecule has 2 rings (SSSR count). The Bertz CT molecular complexity index is 737. The number of benzene rings is 2. The number of carbonyl (C=O) groups is 2. The van der Waals surface area contributed by atoms with Crippen LogP contribution in [0.5, 0.6) is 0 Å².